The largest absolute Gasteiger partial charge is 0.330 e. The van der Waals surface area contributed by atoms with Crippen LogP contribution >= 0.6 is 11.8 Å². The van der Waals surface area contributed by atoms with Crippen molar-refractivity contribution in [2.24, 2.45) is 0 Å². The van der Waals surface area contributed by atoms with Crippen molar-refractivity contribution in [2.75, 3.05) is 5.32 Å². The third-order valence-electron chi connectivity index (χ3n) is 4.42. The number of anilines is 1. The zero-order valence-corrected chi connectivity index (χ0v) is 17.1. The lowest BCUT2D eigenvalue weighted by molar-refractivity contribution is -0.116. The number of carbonyl (C=O) groups is 1. The van der Waals surface area contributed by atoms with Gasteiger partial charge in [0.15, 0.2) is 5.16 Å². The Hall–Kier alpha value is -3.19. The Kier molecular flexibility index (Phi) is 5.57. The molecule has 0 atom stereocenters. The van der Waals surface area contributed by atoms with Crippen molar-refractivity contribution in [2.45, 2.75) is 36.9 Å². The van der Waals surface area contributed by atoms with Crippen LogP contribution in [-0.2, 0) is 11.3 Å². The van der Waals surface area contributed by atoms with Crippen molar-refractivity contribution in [3.05, 3.63) is 72.3 Å². The van der Waals surface area contributed by atoms with Crippen LogP contribution in [0, 0.1) is 13.8 Å². The number of hydrogen-bond donors (Lipinski definition) is 1. The predicted octanol–water partition coefficient (Wildman–Crippen LogP) is 4.62. The number of nitrogens with zero attached hydrogens (tertiary/aromatic N) is 4. The lowest BCUT2D eigenvalue weighted by atomic mass is 10.3. The second-order valence-corrected chi connectivity index (χ2v) is 7.83. The molecule has 0 fully saturated rings. The van der Waals surface area contributed by atoms with Gasteiger partial charge >= 0.3 is 0 Å². The lowest BCUT2D eigenvalue weighted by Crippen LogP contribution is -2.14. The first-order valence-electron chi connectivity index (χ1n) is 9.37. The molecule has 2 heterocycles. The van der Waals surface area contributed by atoms with Crippen LogP contribution in [0.4, 0.5) is 5.69 Å². The number of aryl methyl sites for hydroxylation is 3. The lowest BCUT2D eigenvalue weighted by Gasteiger charge is -2.08. The van der Waals surface area contributed by atoms with Crippen LogP contribution in [-0.4, -0.2) is 25.4 Å². The normalized spacial score (nSPS) is 11.0. The molecule has 4 rings (SSSR count). The van der Waals surface area contributed by atoms with Gasteiger partial charge in [0, 0.05) is 34.9 Å². The van der Waals surface area contributed by atoms with Crippen molar-refractivity contribution in [3.63, 3.8) is 0 Å². The molecule has 0 aliphatic rings. The molecule has 0 saturated carbocycles. The molecule has 4 aromatic rings. The fraction of sp³-hybridized carbons (Fsp3) is 0.182. The Morgan fingerprint density at radius 2 is 1.76 bits per heavy atom. The van der Waals surface area contributed by atoms with E-state index in [4.69, 9.17) is 0 Å². The summed E-state index contributed by atoms with van der Waals surface area (Å²) in [5, 5.41) is 3.68. The fourth-order valence-electron chi connectivity index (χ4n) is 3.08. The summed E-state index contributed by atoms with van der Waals surface area (Å²) in [6, 6.07) is 17.6. The number of rotatable bonds is 6. The van der Waals surface area contributed by atoms with Crippen LogP contribution in [0.25, 0.3) is 11.0 Å². The molecule has 146 valence electrons. The summed E-state index contributed by atoms with van der Waals surface area (Å²) in [4.78, 5) is 26.6. The SMILES string of the molecule is Cc1cc(C)nc(Sc2ccc(NC(=O)CCn3cnc4ccccc43)cc2)n1. The minimum absolute atomic E-state index is 0.0270. The first-order chi connectivity index (χ1) is 14.1. The van der Waals surface area contributed by atoms with Crippen LogP contribution in [0.2, 0.25) is 0 Å². The predicted molar refractivity (Wildman–Crippen MR) is 115 cm³/mol. The number of amides is 1. The van der Waals surface area contributed by atoms with E-state index in [-0.39, 0.29) is 5.91 Å². The van der Waals surface area contributed by atoms with Crippen LogP contribution in [0.15, 0.2) is 71.0 Å². The van der Waals surface area contributed by atoms with Crippen molar-refractivity contribution in [1.29, 1.82) is 0 Å². The topological polar surface area (TPSA) is 72.7 Å². The molecule has 7 heteroatoms. The number of fused-ring (bicyclic) bond motifs is 1. The number of nitrogens with one attached hydrogen (secondary N) is 1. The minimum atomic E-state index is -0.0270. The van der Waals surface area contributed by atoms with Gasteiger partial charge in [0.05, 0.1) is 17.4 Å². The van der Waals surface area contributed by atoms with Gasteiger partial charge in [-0.15, -0.1) is 0 Å². The monoisotopic (exact) mass is 403 g/mol. The molecule has 29 heavy (non-hydrogen) atoms. The Labute approximate surface area is 173 Å². The molecular weight excluding hydrogens is 382 g/mol. The highest BCUT2D eigenvalue weighted by Crippen LogP contribution is 2.26. The molecule has 2 aromatic heterocycles. The zero-order valence-electron chi connectivity index (χ0n) is 16.3. The van der Waals surface area contributed by atoms with Gasteiger partial charge in [-0.1, -0.05) is 12.1 Å². The van der Waals surface area contributed by atoms with E-state index in [0.29, 0.717) is 13.0 Å². The Morgan fingerprint density at radius 3 is 2.52 bits per heavy atom. The third-order valence-corrected chi connectivity index (χ3v) is 5.29. The summed E-state index contributed by atoms with van der Waals surface area (Å²) in [6.45, 7) is 4.51. The maximum Gasteiger partial charge on any atom is 0.226 e. The first-order valence-corrected chi connectivity index (χ1v) is 10.2. The van der Waals surface area contributed by atoms with Crippen LogP contribution in [0.3, 0.4) is 0 Å². The smallest absolute Gasteiger partial charge is 0.226 e. The summed E-state index contributed by atoms with van der Waals surface area (Å²) in [5.41, 5.74) is 4.66. The fourth-order valence-corrected chi connectivity index (χ4v) is 3.95. The quantitative estimate of drug-likeness (QED) is 0.476. The van der Waals surface area contributed by atoms with Crippen molar-refractivity contribution in [3.8, 4) is 0 Å². The number of carbonyl (C=O) groups excluding carboxylic acids is 1. The average Bonchev–Trinajstić information content (AvgIpc) is 3.10. The van der Waals surface area contributed by atoms with E-state index in [1.165, 1.54) is 11.8 Å². The molecule has 0 aliphatic carbocycles. The number of imidazole rings is 1. The maximum absolute atomic E-state index is 12.3. The van der Waals surface area contributed by atoms with E-state index < -0.39 is 0 Å². The van der Waals surface area contributed by atoms with Crippen LogP contribution in [0.5, 0.6) is 0 Å². The highest BCUT2D eigenvalue weighted by atomic mass is 32.2. The molecule has 1 amide bonds. The highest BCUT2D eigenvalue weighted by Gasteiger charge is 2.07. The van der Waals surface area contributed by atoms with E-state index in [2.05, 4.69) is 20.3 Å². The molecule has 0 radical (unpaired) electrons. The molecular formula is C22H21N5OS. The molecule has 0 spiro atoms. The van der Waals surface area contributed by atoms with Crippen LogP contribution in [0.1, 0.15) is 17.8 Å². The summed E-state index contributed by atoms with van der Waals surface area (Å²) in [6.07, 6.45) is 2.16. The summed E-state index contributed by atoms with van der Waals surface area (Å²) >= 11 is 1.51. The average molecular weight is 404 g/mol. The van der Waals surface area contributed by atoms with Gasteiger partial charge in [-0.2, -0.15) is 0 Å². The molecule has 0 saturated heterocycles. The molecule has 1 N–H and O–H groups in total. The number of aromatic nitrogens is 4. The van der Waals surface area contributed by atoms with Gasteiger partial charge in [0.25, 0.3) is 0 Å². The number of benzene rings is 2. The second kappa shape index (κ2) is 8.45. The number of hydrogen-bond acceptors (Lipinski definition) is 5. The first kappa shape index (κ1) is 19.1. The van der Waals surface area contributed by atoms with E-state index in [9.17, 15) is 4.79 Å². The van der Waals surface area contributed by atoms with E-state index in [0.717, 1.165) is 38.2 Å². The van der Waals surface area contributed by atoms with Crippen molar-refractivity contribution in [1.82, 2.24) is 19.5 Å². The van der Waals surface area contributed by atoms with Crippen molar-refractivity contribution >= 4 is 34.4 Å². The van der Waals surface area contributed by atoms with Crippen molar-refractivity contribution < 1.29 is 4.79 Å². The second-order valence-electron chi connectivity index (χ2n) is 6.78. The Morgan fingerprint density at radius 1 is 1.03 bits per heavy atom. The van der Waals surface area contributed by atoms with Gasteiger partial charge in [-0.05, 0) is 68.1 Å². The molecule has 0 unspecified atom stereocenters. The molecule has 2 aromatic carbocycles. The molecule has 6 nitrogen and oxygen atoms in total. The standard InChI is InChI=1S/C22H21N5OS/c1-15-13-16(2)25-22(24-15)29-18-9-7-17(8-10-18)26-21(28)11-12-27-14-23-19-5-3-4-6-20(19)27/h3-10,13-14H,11-12H2,1-2H3,(H,26,28). The van der Waals surface area contributed by atoms with E-state index >= 15 is 0 Å². The summed E-state index contributed by atoms with van der Waals surface area (Å²) in [5.74, 6) is -0.0270. The summed E-state index contributed by atoms with van der Waals surface area (Å²) in [7, 11) is 0. The Bertz CT molecular complexity index is 1130. The van der Waals surface area contributed by atoms with E-state index in [1.54, 1.807) is 6.33 Å². The molecule has 0 aliphatic heterocycles. The molecule has 0 bridgehead atoms. The maximum atomic E-state index is 12.3. The van der Waals surface area contributed by atoms with E-state index in [1.807, 2.05) is 73.0 Å². The zero-order chi connectivity index (χ0) is 20.2. The minimum Gasteiger partial charge on any atom is -0.330 e. The number of para-hydroxylation sites is 2. The van der Waals surface area contributed by atoms with Gasteiger partial charge in [-0.25, -0.2) is 15.0 Å². The third kappa shape index (κ3) is 4.81. The van der Waals surface area contributed by atoms with Gasteiger partial charge < -0.3 is 9.88 Å². The Balaban J connectivity index is 1.34. The van der Waals surface area contributed by atoms with Gasteiger partial charge in [0.1, 0.15) is 0 Å². The summed E-state index contributed by atoms with van der Waals surface area (Å²) < 4.78 is 2.00. The van der Waals surface area contributed by atoms with Crippen LogP contribution < -0.4 is 5.32 Å². The van der Waals surface area contributed by atoms with Gasteiger partial charge in [0.2, 0.25) is 5.91 Å². The highest BCUT2D eigenvalue weighted by molar-refractivity contribution is 7.99. The van der Waals surface area contributed by atoms with Gasteiger partial charge in [-0.3, -0.25) is 4.79 Å².